The van der Waals surface area contributed by atoms with Crippen LogP contribution in [0.1, 0.15) is 49.3 Å². The lowest BCUT2D eigenvalue weighted by molar-refractivity contribution is -0.142. The summed E-state index contributed by atoms with van der Waals surface area (Å²) in [6.45, 7) is 2.97. The van der Waals surface area contributed by atoms with Gasteiger partial charge >= 0.3 is 0 Å². The molecule has 1 N–H and O–H groups in total. The predicted molar refractivity (Wildman–Crippen MR) is 162 cm³/mol. The molecule has 1 saturated carbocycles. The smallest absolute Gasteiger partial charge is 0.247 e. The van der Waals surface area contributed by atoms with Gasteiger partial charge in [-0.2, -0.15) is 0 Å². The molecule has 2 amide bonds. The zero-order valence-electron chi connectivity index (χ0n) is 24.2. The van der Waals surface area contributed by atoms with Crippen molar-refractivity contribution in [2.45, 2.75) is 57.3 Å². The van der Waals surface area contributed by atoms with Crippen molar-refractivity contribution < 1.29 is 18.7 Å². The first-order valence-corrected chi connectivity index (χ1v) is 15.1. The zero-order valence-corrected chi connectivity index (χ0v) is 24.2. The van der Waals surface area contributed by atoms with Crippen molar-refractivity contribution in [2.24, 2.45) is 0 Å². The summed E-state index contributed by atoms with van der Waals surface area (Å²) in [6.07, 6.45) is 5.15. The number of fused-ring (bicyclic) bond motifs is 1. The van der Waals surface area contributed by atoms with E-state index in [4.69, 9.17) is 4.74 Å². The normalized spacial score (nSPS) is 16.6. The van der Waals surface area contributed by atoms with Gasteiger partial charge in [-0.15, -0.1) is 5.10 Å². The summed E-state index contributed by atoms with van der Waals surface area (Å²) in [6, 6.07) is 20.6. The molecule has 0 spiro atoms. The fourth-order valence-electron chi connectivity index (χ4n) is 6.05. The van der Waals surface area contributed by atoms with Crippen LogP contribution in [0.3, 0.4) is 0 Å². The molecular weight excluding hydrogens is 547 g/mol. The van der Waals surface area contributed by atoms with Crippen molar-refractivity contribution in [2.75, 3.05) is 31.2 Å². The Morgan fingerprint density at radius 1 is 0.953 bits per heavy atom. The molecule has 4 aromatic rings. The average molecular weight is 585 g/mol. The highest BCUT2D eigenvalue weighted by atomic mass is 19.1. The van der Waals surface area contributed by atoms with Crippen LogP contribution in [-0.4, -0.2) is 64.1 Å². The van der Waals surface area contributed by atoms with Crippen molar-refractivity contribution in [1.29, 1.82) is 0 Å². The summed E-state index contributed by atoms with van der Waals surface area (Å²) in [4.78, 5) is 32.2. The molecule has 224 valence electrons. The van der Waals surface area contributed by atoms with Crippen molar-refractivity contribution >= 4 is 28.5 Å². The van der Waals surface area contributed by atoms with Crippen LogP contribution in [-0.2, 0) is 27.4 Å². The lowest BCUT2D eigenvalue weighted by Gasteiger charge is -2.34. The molecule has 2 aliphatic rings. The van der Waals surface area contributed by atoms with Crippen LogP contribution in [0.2, 0.25) is 0 Å². The monoisotopic (exact) mass is 584 g/mol. The zero-order chi connectivity index (χ0) is 29.6. The fraction of sp³-hybridized carbons (Fsp3) is 0.394. The molecule has 1 aliphatic carbocycles. The van der Waals surface area contributed by atoms with E-state index in [1.807, 2.05) is 48.5 Å². The van der Waals surface area contributed by atoms with E-state index in [2.05, 4.69) is 20.5 Å². The Hall–Kier alpha value is -4.31. The van der Waals surface area contributed by atoms with E-state index in [-0.39, 0.29) is 36.8 Å². The second kappa shape index (κ2) is 13.3. The van der Waals surface area contributed by atoms with Gasteiger partial charge in [0.05, 0.1) is 18.7 Å². The van der Waals surface area contributed by atoms with Crippen LogP contribution in [0.25, 0.3) is 11.0 Å². The molecule has 1 aromatic heterocycles. The highest BCUT2D eigenvalue weighted by Crippen LogP contribution is 2.29. The highest BCUT2D eigenvalue weighted by molar-refractivity contribution is 5.89. The molecule has 0 radical (unpaired) electrons. The van der Waals surface area contributed by atoms with Crippen molar-refractivity contribution in [3.63, 3.8) is 0 Å². The number of carbonyl (C=O) groups excluding carboxylic acids is 2. The van der Waals surface area contributed by atoms with E-state index in [0.29, 0.717) is 24.3 Å². The second-order valence-electron chi connectivity index (χ2n) is 11.3. The van der Waals surface area contributed by atoms with Gasteiger partial charge in [-0.3, -0.25) is 9.59 Å². The first-order valence-electron chi connectivity index (χ1n) is 15.1. The fourth-order valence-corrected chi connectivity index (χ4v) is 6.05. The van der Waals surface area contributed by atoms with Crippen LogP contribution in [0, 0.1) is 5.82 Å². The molecule has 0 unspecified atom stereocenters. The summed E-state index contributed by atoms with van der Waals surface area (Å²) in [7, 11) is 0. The lowest BCUT2D eigenvalue weighted by atomic mass is 9.94. The summed E-state index contributed by atoms with van der Waals surface area (Å²) in [5.41, 5.74) is 3.90. The highest BCUT2D eigenvalue weighted by Gasteiger charge is 2.33. The standard InChI is InChI=1S/C33H37FN6O3/c34-26-14-10-24(11-15-26)22-39(31(41)23-40-30-9-5-4-8-29(30)36-37-40)32(33(42)35-27-6-2-1-3-7-27)25-12-16-28(17-13-25)38-18-20-43-21-19-38/h4-5,8-17,27,32H,1-3,6-7,18-23H2,(H,35,42)/t32-/m1/s1. The van der Waals surface area contributed by atoms with Crippen molar-refractivity contribution in [1.82, 2.24) is 25.2 Å². The molecule has 6 rings (SSSR count). The number of anilines is 1. The van der Waals surface area contributed by atoms with E-state index in [1.54, 1.807) is 21.7 Å². The minimum atomic E-state index is -0.895. The molecule has 2 heterocycles. The first-order chi connectivity index (χ1) is 21.0. The van der Waals surface area contributed by atoms with E-state index in [1.165, 1.54) is 18.6 Å². The Morgan fingerprint density at radius 2 is 1.67 bits per heavy atom. The quantitative estimate of drug-likeness (QED) is 0.309. The molecule has 1 aliphatic heterocycles. The van der Waals surface area contributed by atoms with Gasteiger partial charge in [0, 0.05) is 31.4 Å². The number of amides is 2. The number of benzene rings is 3. The van der Waals surface area contributed by atoms with Crippen molar-refractivity contribution in [3.8, 4) is 0 Å². The summed E-state index contributed by atoms with van der Waals surface area (Å²) in [5, 5.41) is 11.7. The van der Waals surface area contributed by atoms with Crippen LogP contribution >= 0.6 is 0 Å². The number of carbonyl (C=O) groups is 2. The molecule has 43 heavy (non-hydrogen) atoms. The Morgan fingerprint density at radius 3 is 2.42 bits per heavy atom. The van der Waals surface area contributed by atoms with Gasteiger partial charge in [0.25, 0.3) is 0 Å². The van der Waals surface area contributed by atoms with E-state index in [9.17, 15) is 14.0 Å². The van der Waals surface area contributed by atoms with Crippen molar-refractivity contribution in [3.05, 3.63) is 89.7 Å². The maximum Gasteiger partial charge on any atom is 0.247 e. The minimum absolute atomic E-state index is 0.0680. The number of aromatic nitrogens is 3. The van der Waals surface area contributed by atoms with Crippen LogP contribution in [0.5, 0.6) is 0 Å². The van der Waals surface area contributed by atoms with E-state index in [0.717, 1.165) is 55.5 Å². The molecule has 2 fully saturated rings. The summed E-state index contributed by atoms with van der Waals surface area (Å²) in [5.74, 6) is -0.869. The lowest BCUT2D eigenvalue weighted by Crippen LogP contribution is -2.47. The number of halogens is 1. The number of rotatable bonds is 9. The van der Waals surface area contributed by atoms with Gasteiger partial charge in [0.1, 0.15) is 23.9 Å². The Kier molecular flexibility index (Phi) is 8.93. The third kappa shape index (κ3) is 6.85. The number of hydrogen-bond acceptors (Lipinski definition) is 6. The molecule has 10 heteroatoms. The Labute approximate surface area is 250 Å². The van der Waals surface area contributed by atoms with Crippen LogP contribution < -0.4 is 10.2 Å². The number of ether oxygens (including phenoxy) is 1. The van der Waals surface area contributed by atoms with Gasteiger partial charge < -0.3 is 19.9 Å². The first kappa shape index (κ1) is 28.8. The Balaban J connectivity index is 1.35. The second-order valence-corrected chi connectivity index (χ2v) is 11.3. The average Bonchev–Trinajstić information content (AvgIpc) is 3.45. The third-order valence-corrected chi connectivity index (χ3v) is 8.39. The molecule has 9 nitrogen and oxygen atoms in total. The van der Waals surface area contributed by atoms with Gasteiger partial charge in [-0.25, -0.2) is 9.07 Å². The molecule has 1 atom stereocenters. The topological polar surface area (TPSA) is 92.6 Å². The minimum Gasteiger partial charge on any atom is -0.378 e. The maximum absolute atomic E-state index is 14.2. The van der Waals surface area contributed by atoms with Crippen LogP contribution in [0.15, 0.2) is 72.8 Å². The number of nitrogens with zero attached hydrogens (tertiary/aromatic N) is 5. The molecule has 1 saturated heterocycles. The van der Waals surface area contributed by atoms with E-state index >= 15 is 0 Å². The maximum atomic E-state index is 14.2. The SMILES string of the molecule is O=C(NC1CCCCC1)[C@@H](c1ccc(N2CCOCC2)cc1)N(Cc1ccc(F)cc1)C(=O)Cn1nnc2ccccc21. The third-order valence-electron chi connectivity index (χ3n) is 8.39. The number of hydrogen-bond donors (Lipinski definition) is 1. The summed E-state index contributed by atoms with van der Waals surface area (Å²) < 4.78 is 20.9. The van der Waals surface area contributed by atoms with Crippen LogP contribution in [0.4, 0.5) is 10.1 Å². The van der Waals surface area contributed by atoms with Gasteiger partial charge in [0.2, 0.25) is 11.8 Å². The Bertz CT molecular complexity index is 1530. The predicted octanol–water partition coefficient (Wildman–Crippen LogP) is 4.63. The number of para-hydroxylation sites is 1. The number of nitrogens with one attached hydrogen (secondary N) is 1. The van der Waals surface area contributed by atoms with E-state index < -0.39 is 6.04 Å². The molecular formula is C33H37FN6O3. The number of morpholine rings is 1. The van der Waals surface area contributed by atoms with Gasteiger partial charge in [0.15, 0.2) is 0 Å². The molecule has 3 aromatic carbocycles. The van der Waals surface area contributed by atoms with Gasteiger partial charge in [-0.1, -0.05) is 60.9 Å². The van der Waals surface area contributed by atoms with Gasteiger partial charge in [-0.05, 0) is 60.4 Å². The summed E-state index contributed by atoms with van der Waals surface area (Å²) >= 11 is 0. The largest absolute Gasteiger partial charge is 0.378 e. The molecule has 0 bridgehead atoms.